The Labute approximate surface area is 157 Å². The molecule has 1 N–H and O–H groups in total. The Morgan fingerprint density at radius 1 is 1.16 bits per heavy atom. The van der Waals surface area contributed by atoms with E-state index in [1.54, 1.807) is 6.07 Å². The minimum Gasteiger partial charge on any atom is -0.350 e. The molecule has 0 saturated carbocycles. The molecule has 0 saturated heterocycles. The Morgan fingerprint density at radius 3 is 2.48 bits per heavy atom. The molecule has 0 heterocycles. The first-order valence-corrected chi connectivity index (χ1v) is 10.0. The van der Waals surface area contributed by atoms with Gasteiger partial charge < -0.3 is 5.32 Å². The summed E-state index contributed by atoms with van der Waals surface area (Å²) >= 11 is 12.0. The zero-order chi connectivity index (χ0) is 18.6. The van der Waals surface area contributed by atoms with E-state index in [-0.39, 0.29) is 17.3 Å². The summed E-state index contributed by atoms with van der Waals surface area (Å²) in [4.78, 5) is 12.3. The van der Waals surface area contributed by atoms with Gasteiger partial charge in [0, 0.05) is 11.6 Å². The molecule has 0 atom stereocenters. The molecule has 0 bridgehead atoms. The Kier molecular flexibility index (Phi) is 6.32. The average Bonchev–Trinajstić information content (AvgIpc) is 2.53. The fraction of sp³-hybridized carbons (Fsp3) is 0.235. The van der Waals surface area contributed by atoms with E-state index in [9.17, 15) is 13.2 Å². The molecule has 0 unspecified atom stereocenters. The lowest BCUT2D eigenvalue weighted by Gasteiger charge is -2.23. The van der Waals surface area contributed by atoms with Crippen molar-refractivity contribution in [3.05, 3.63) is 63.6 Å². The molecule has 8 heteroatoms. The molecule has 0 spiro atoms. The van der Waals surface area contributed by atoms with Crippen LogP contribution < -0.4 is 9.62 Å². The van der Waals surface area contributed by atoms with Crippen molar-refractivity contribution in [2.45, 2.75) is 13.5 Å². The standard InChI is InChI=1S/C17H18Cl2N2O3S/c1-12-5-3-4-6-13(12)10-20-17(22)11-21(25(2,23)24)16-9-14(18)7-8-15(16)19/h3-9H,10-11H2,1-2H3,(H,20,22). The lowest BCUT2D eigenvalue weighted by Crippen LogP contribution is -2.40. The molecule has 0 aromatic heterocycles. The van der Waals surface area contributed by atoms with E-state index in [0.717, 1.165) is 21.7 Å². The highest BCUT2D eigenvalue weighted by molar-refractivity contribution is 7.92. The predicted octanol–water partition coefficient (Wildman–Crippen LogP) is 3.38. The smallest absolute Gasteiger partial charge is 0.241 e. The van der Waals surface area contributed by atoms with Gasteiger partial charge in [-0.3, -0.25) is 9.10 Å². The van der Waals surface area contributed by atoms with E-state index in [1.807, 2.05) is 31.2 Å². The summed E-state index contributed by atoms with van der Waals surface area (Å²) in [7, 11) is -3.71. The number of benzene rings is 2. The summed E-state index contributed by atoms with van der Waals surface area (Å²) < 4.78 is 25.1. The van der Waals surface area contributed by atoms with Crippen LogP contribution in [0.2, 0.25) is 10.0 Å². The normalized spacial score (nSPS) is 11.2. The summed E-state index contributed by atoms with van der Waals surface area (Å²) in [5.74, 6) is -0.440. The van der Waals surface area contributed by atoms with Gasteiger partial charge in [-0.1, -0.05) is 47.5 Å². The SMILES string of the molecule is Cc1ccccc1CNC(=O)CN(c1cc(Cl)ccc1Cl)S(C)(=O)=O. The first-order valence-electron chi connectivity index (χ1n) is 7.42. The molecule has 25 heavy (non-hydrogen) atoms. The van der Waals surface area contributed by atoms with Gasteiger partial charge in [0.1, 0.15) is 6.54 Å². The van der Waals surface area contributed by atoms with E-state index in [1.165, 1.54) is 12.1 Å². The number of nitrogens with zero attached hydrogens (tertiary/aromatic N) is 1. The quantitative estimate of drug-likeness (QED) is 0.807. The highest BCUT2D eigenvalue weighted by atomic mass is 35.5. The third kappa shape index (κ3) is 5.36. The van der Waals surface area contributed by atoms with Crippen LogP contribution in [0.5, 0.6) is 0 Å². The maximum Gasteiger partial charge on any atom is 0.241 e. The molecule has 134 valence electrons. The molecular weight excluding hydrogens is 383 g/mol. The average molecular weight is 401 g/mol. The van der Waals surface area contributed by atoms with Crippen LogP contribution in [-0.4, -0.2) is 27.1 Å². The van der Waals surface area contributed by atoms with Crippen molar-refractivity contribution in [3.8, 4) is 0 Å². The number of halogens is 2. The van der Waals surface area contributed by atoms with Crippen LogP contribution >= 0.6 is 23.2 Å². The van der Waals surface area contributed by atoms with Gasteiger partial charge in [-0.25, -0.2) is 8.42 Å². The lowest BCUT2D eigenvalue weighted by atomic mass is 10.1. The van der Waals surface area contributed by atoms with Crippen LogP contribution in [0.3, 0.4) is 0 Å². The third-order valence-electron chi connectivity index (χ3n) is 3.60. The molecule has 0 fully saturated rings. The zero-order valence-corrected chi connectivity index (χ0v) is 16.1. The Morgan fingerprint density at radius 2 is 1.84 bits per heavy atom. The number of anilines is 1. The number of hydrogen-bond acceptors (Lipinski definition) is 3. The first kappa shape index (κ1) is 19.6. The summed E-state index contributed by atoms with van der Waals surface area (Å²) in [6.45, 7) is 1.87. The number of hydrogen-bond donors (Lipinski definition) is 1. The van der Waals surface area contributed by atoms with Crippen LogP contribution in [-0.2, 0) is 21.4 Å². The molecule has 0 aliphatic carbocycles. The van der Waals surface area contributed by atoms with Crippen molar-refractivity contribution in [2.75, 3.05) is 17.1 Å². The second-order valence-electron chi connectivity index (χ2n) is 5.57. The Balaban J connectivity index is 2.16. The largest absolute Gasteiger partial charge is 0.350 e. The number of nitrogens with one attached hydrogen (secondary N) is 1. The van der Waals surface area contributed by atoms with Crippen LogP contribution in [0.25, 0.3) is 0 Å². The van der Waals surface area contributed by atoms with Gasteiger partial charge in [0.25, 0.3) is 0 Å². The van der Waals surface area contributed by atoms with Crippen molar-refractivity contribution < 1.29 is 13.2 Å². The third-order valence-corrected chi connectivity index (χ3v) is 5.28. The van der Waals surface area contributed by atoms with Crippen molar-refractivity contribution in [1.29, 1.82) is 0 Å². The van der Waals surface area contributed by atoms with E-state index >= 15 is 0 Å². The minimum absolute atomic E-state index is 0.169. The van der Waals surface area contributed by atoms with Gasteiger partial charge in [0.05, 0.1) is 17.0 Å². The molecule has 1 amide bonds. The van der Waals surface area contributed by atoms with Crippen LogP contribution in [0.4, 0.5) is 5.69 Å². The zero-order valence-electron chi connectivity index (χ0n) is 13.8. The van der Waals surface area contributed by atoms with Gasteiger partial charge in [-0.15, -0.1) is 0 Å². The fourth-order valence-electron chi connectivity index (χ4n) is 2.25. The maximum absolute atomic E-state index is 12.3. The first-order chi connectivity index (χ1) is 11.7. The van der Waals surface area contributed by atoms with Gasteiger partial charge in [-0.2, -0.15) is 0 Å². The highest BCUT2D eigenvalue weighted by Crippen LogP contribution is 2.30. The fourth-order valence-corrected chi connectivity index (χ4v) is 3.54. The van der Waals surface area contributed by atoms with Gasteiger partial charge in [0.2, 0.25) is 15.9 Å². The van der Waals surface area contributed by atoms with E-state index in [0.29, 0.717) is 11.6 Å². The summed E-state index contributed by atoms with van der Waals surface area (Å²) in [5.41, 5.74) is 2.17. The topological polar surface area (TPSA) is 66.5 Å². The number of aryl methyl sites for hydroxylation is 1. The van der Waals surface area contributed by atoms with Crippen LogP contribution in [0.15, 0.2) is 42.5 Å². The maximum atomic E-state index is 12.3. The van der Waals surface area contributed by atoms with E-state index in [4.69, 9.17) is 23.2 Å². The molecular formula is C17H18Cl2N2O3S. The van der Waals surface area contributed by atoms with Crippen molar-refractivity contribution >= 4 is 44.8 Å². The monoisotopic (exact) mass is 400 g/mol. The number of rotatable bonds is 6. The number of carbonyl (C=O) groups is 1. The van der Waals surface area contributed by atoms with Crippen LogP contribution in [0.1, 0.15) is 11.1 Å². The molecule has 2 rings (SSSR count). The second-order valence-corrected chi connectivity index (χ2v) is 8.32. The van der Waals surface area contributed by atoms with Gasteiger partial charge in [0.15, 0.2) is 0 Å². The van der Waals surface area contributed by atoms with Gasteiger partial charge in [-0.05, 0) is 36.2 Å². The molecule has 5 nitrogen and oxygen atoms in total. The van der Waals surface area contributed by atoms with E-state index < -0.39 is 15.9 Å². The minimum atomic E-state index is -3.71. The molecule has 0 radical (unpaired) electrons. The molecule has 0 aliphatic rings. The second kappa shape index (κ2) is 8.08. The van der Waals surface area contributed by atoms with Gasteiger partial charge >= 0.3 is 0 Å². The Bertz CT molecular complexity index is 885. The van der Waals surface area contributed by atoms with Crippen molar-refractivity contribution in [3.63, 3.8) is 0 Å². The predicted molar refractivity (Wildman–Crippen MR) is 102 cm³/mol. The molecule has 2 aromatic carbocycles. The van der Waals surface area contributed by atoms with E-state index in [2.05, 4.69) is 5.32 Å². The van der Waals surface area contributed by atoms with Crippen molar-refractivity contribution in [1.82, 2.24) is 5.32 Å². The Hall–Kier alpha value is -1.76. The van der Waals surface area contributed by atoms with Crippen LogP contribution in [0, 0.1) is 6.92 Å². The summed E-state index contributed by atoms with van der Waals surface area (Å²) in [6.07, 6.45) is 1.01. The number of carbonyl (C=O) groups excluding carboxylic acids is 1. The highest BCUT2D eigenvalue weighted by Gasteiger charge is 2.23. The number of sulfonamides is 1. The summed E-state index contributed by atoms with van der Waals surface area (Å²) in [6, 6.07) is 12.1. The lowest BCUT2D eigenvalue weighted by molar-refractivity contribution is -0.119. The summed E-state index contributed by atoms with van der Waals surface area (Å²) in [5, 5.41) is 3.25. The molecule has 0 aliphatic heterocycles. The molecule has 2 aromatic rings. The van der Waals surface area contributed by atoms with Crippen molar-refractivity contribution in [2.24, 2.45) is 0 Å². The number of amides is 1.